The molecule has 0 aliphatic carbocycles. The number of hydrogen-bond donors (Lipinski definition) is 0. The second kappa shape index (κ2) is 10.7. The van der Waals surface area contributed by atoms with Gasteiger partial charge in [-0.25, -0.2) is 0 Å². The van der Waals surface area contributed by atoms with E-state index in [0.29, 0.717) is 49.6 Å². The molecular weight excluding hydrogens is 412 g/mol. The summed E-state index contributed by atoms with van der Waals surface area (Å²) in [7, 11) is 3.08. The van der Waals surface area contributed by atoms with Gasteiger partial charge in [-0.15, -0.1) is 0 Å². The Labute approximate surface area is 187 Å². The van der Waals surface area contributed by atoms with Crippen molar-refractivity contribution >= 4 is 23.6 Å². The van der Waals surface area contributed by atoms with E-state index < -0.39 is 0 Å². The van der Waals surface area contributed by atoms with Gasteiger partial charge in [0, 0.05) is 25.4 Å². The lowest BCUT2D eigenvalue weighted by Gasteiger charge is -2.31. The number of piperidine rings is 1. The topological polar surface area (TPSA) is 87.1 Å². The van der Waals surface area contributed by atoms with E-state index in [0.717, 1.165) is 0 Å². The number of aromatic nitrogens is 1. The summed E-state index contributed by atoms with van der Waals surface area (Å²) < 4.78 is 17.1. The Kier molecular flexibility index (Phi) is 7.70. The average Bonchev–Trinajstić information content (AvgIpc) is 2.82. The highest BCUT2D eigenvalue weighted by Gasteiger charge is 2.30. The van der Waals surface area contributed by atoms with Crippen LogP contribution < -0.4 is 15.0 Å². The molecule has 1 aromatic carbocycles. The maximum atomic E-state index is 13.5. The molecule has 0 bridgehead atoms. The number of amides is 1. The van der Waals surface area contributed by atoms with Gasteiger partial charge in [-0.2, -0.15) is 0 Å². The van der Waals surface area contributed by atoms with E-state index in [1.807, 2.05) is 0 Å². The smallest absolute Gasteiger partial charge is 0.309 e. The van der Waals surface area contributed by atoms with Crippen molar-refractivity contribution in [2.45, 2.75) is 19.8 Å². The number of rotatable bonds is 7. The van der Waals surface area contributed by atoms with Gasteiger partial charge in [-0.1, -0.05) is 12.1 Å². The monoisotopic (exact) mass is 440 g/mol. The molecule has 1 amide bonds. The normalized spacial score (nSPS) is 14.7. The summed E-state index contributed by atoms with van der Waals surface area (Å²) in [5.74, 6) is 0.367. The minimum absolute atomic E-state index is 0.211. The molecule has 2 aromatic rings. The van der Waals surface area contributed by atoms with E-state index in [-0.39, 0.29) is 29.1 Å². The van der Waals surface area contributed by atoms with Gasteiger partial charge in [0.25, 0.3) is 11.5 Å². The van der Waals surface area contributed by atoms with Crippen LogP contribution in [0.1, 0.15) is 25.3 Å². The van der Waals surface area contributed by atoms with Gasteiger partial charge in [0.05, 0.1) is 26.7 Å². The lowest BCUT2D eigenvalue weighted by atomic mass is 9.96. The van der Waals surface area contributed by atoms with Crippen molar-refractivity contribution in [3.05, 3.63) is 58.5 Å². The summed E-state index contributed by atoms with van der Waals surface area (Å²) in [6.45, 7) is 2.94. The zero-order chi connectivity index (χ0) is 23.1. The summed E-state index contributed by atoms with van der Waals surface area (Å²) in [4.78, 5) is 39.7. The van der Waals surface area contributed by atoms with Gasteiger partial charge in [-0.05, 0) is 49.6 Å². The van der Waals surface area contributed by atoms with Crippen molar-refractivity contribution in [3.63, 3.8) is 0 Å². The number of carbonyl (C=O) groups excluding carboxylic acids is 2. The number of hydrogen-bond acceptors (Lipinski definition) is 6. The molecule has 2 heterocycles. The quantitative estimate of drug-likeness (QED) is 0.486. The predicted molar refractivity (Wildman–Crippen MR) is 120 cm³/mol. The largest absolute Gasteiger partial charge is 0.493 e. The average molecular weight is 440 g/mol. The van der Waals surface area contributed by atoms with Crippen molar-refractivity contribution < 1.29 is 23.8 Å². The van der Waals surface area contributed by atoms with Crippen molar-refractivity contribution in [1.82, 2.24) is 9.47 Å². The van der Waals surface area contributed by atoms with Crippen LogP contribution in [-0.4, -0.2) is 55.3 Å². The number of methoxy groups -OCH3 is 2. The Morgan fingerprint density at radius 2 is 1.78 bits per heavy atom. The fourth-order valence-electron chi connectivity index (χ4n) is 3.70. The molecule has 1 aromatic heterocycles. The van der Waals surface area contributed by atoms with Crippen molar-refractivity contribution in [2.24, 2.45) is 5.92 Å². The first kappa shape index (κ1) is 23.1. The van der Waals surface area contributed by atoms with Gasteiger partial charge < -0.3 is 19.1 Å². The molecule has 0 atom stereocenters. The molecule has 32 heavy (non-hydrogen) atoms. The Morgan fingerprint density at radius 3 is 2.41 bits per heavy atom. The first-order chi connectivity index (χ1) is 15.5. The Hall–Kier alpha value is -3.55. The summed E-state index contributed by atoms with van der Waals surface area (Å²) in [5, 5.41) is 0. The number of pyridine rings is 1. The molecule has 1 saturated heterocycles. The second-order valence-corrected chi connectivity index (χ2v) is 7.37. The number of ether oxygens (including phenoxy) is 3. The third kappa shape index (κ3) is 5.19. The first-order valence-electron chi connectivity index (χ1n) is 10.6. The molecule has 0 spiro atoms. The molecule has 1 fully saturated rings. The summed E-state index contributed by atoms with van der Waals surface area (Å²) in [6.07, 6.45) is 4.27. The van der Waals surface area contributed by atoms with Crippen LogP contribution in [0.2, 0.25) is 0 Å². The van der Waals surface area contributed by atoms with Crippen molar-refractivity contribution in [2.75, 3.05) is 33.9 Å². The minimum Gasteiger partial charge on any atom is -0.493 e. The third-order valence-electron chi connectivity index (χ3n) is 5.41. The summed E-state index contributed by atoms with van der Waals surface area (Å²) in [5.41, 5.74) is 0.592. The molecule has 1 aliphatic rings. The molecule has 170 valence electrons. The van der Waals surface area contributed by atoms with Crippen LogP contribution in [0, 0.1) is 5.92 Å². The van der Waals surface area contributed by atoms with Gasteiger partial charge in [0.1, 0.15) is 5.70 Å². The Balaban J connectivity index is 1.92. The molecule has 3 rings (SSSR count). The maximum absolute atomic E-state index is 13.5. The summed E-state index contributed by atoms with van der Waals surface area (Å²) >= 11 is 0. The standard InChI is InChI=1S/C24H28N2O6/c1-4-32-24(29)18-10-13-25(14-11-18)23(28)19(26-12-6-5-7-22(26)27)15-17-8-9-20(30-2)21(16-17)31-3/h5-9,12,15-16,18H,4,10-11,13-14H2,1-3H3/b19-15+. The molecule has 0 saturated carbocycles. The lowest BCUT2D eigenvalue weighted by molar-refractivity contribution is -0.150. The van der Waals surface area contributed by atoms with Crippen LogP contribution >= 0.6 is 0 Å². The second-order valence-electron chi connectivity index (χ2n) is 7.37. The van der Waals surface area contributed by atoms with Gasteiger partial charge in [0.2, 0.25) is 0 Å². The van der Waals surface area contributed by atoms with Gasteiger partial charge in [-0.3, -0.25) is 19.0 Å². The number of nitrogens with zero attached hydrogens (tertiary/aromatic N) is 2. The van der Waals surface area contributed by atoms with Crippen LogP contribution in [0.5, 0.6) is 11.5 Å². The molecule has 0 unspecified atom stereocenters. The zero-order valence-corrected chi connectivity index (χ0v) is 18.6. The fourth-order valence-corrected chi connectivity index (χ4v) is 3.70. The number of carbonyl (C=O) groups is 2. The highest BCUT2D eigenvalue weighted by Crippen LogP contribution is 2.29. The SMILES string of the molecule is CCOC(=O)C1CCN(C(=O)/C(=C\c2ccc(OC)c(OC)c2)n2ccccc2=O)CC1. The van der Waals surface area contributed by atoms with Crippen LogP contribution in [0.15, 0.2) is 47.4 Å². The van der Waals surface area contributed by atoms with E-state index in [1.165, 1.54) is 17.7 Å². The number of likely N-dealkylation sites (tertiary alicyclic amines) is 1. The van der Waals surface area contributed by atoms with E-state index >= 15 is 0 Å². The van der Waals surface area contributed by atoms with Gasteiger partial charge >= 0.3 is 5.97 Å². The number of benzene rings is 1. The maximum Gasteiger partial charge on any atom is 0.309 e. The minimum atomic E-state index is -0.311. The lowest BCUT2D eigenvalue weighted by Crippen LogP contribution is -2.42. The Bertz CT molecular complexity index is 1050. The molecule has 0 radical (unpaired) electrons. The molecular formula is C24H28N2O6. The van der Waals surface area contributed by atoms with Crippen LogP contribution in [-0.2, 0) is 14.3 Å². The highest BCUT2D eigenvalue weighted by molar-refractivity contribution is 6.18. The Morgan fingerprint density at radius 1 is 1.06 bits per heavy atom. The molecule has 0 N–H and O–H groups in total. The van der Waals surface area contributed by atoms with Crippen LogP contribution in [0.25, 0.3) is 11.8 Å². The fraction of sp³-hybridized carbons (Fsp3) is 0.375. The number of esters is 1. The summed E-state index contributed by atoms with van der Waals surface area (Å²) in [6, 6.07) is 10.0. The zero-order valence-electron chi connectivity index (χ0n) is 18.6. The van der Waals surface area contributed by atoms with Crippen LogP contribution in [0.3, 0.4) is 0 Å². The van der Waals surface area contributed by atoms with E-state index in [4.69, 9.17) is 14.2 Å². The van der Waals surface area contributed by atoms with Crippen molar-refractivity contribution in [3.8, 4) is 11.5 Å². The van der Waals surface area contributed by atoms with Crippen LogP contribution in [0.4, 0.5) is 0 Å². The third-order valence-corrected chi connectivity index (χ3v) is 5.41. The van der Waals surface area contributed by atoms with Gasteiger partial charge in [0.15, 0.2) is 11.5 Å². The molecule has 8 nitrogen and oxygen atoms in total. The predicted octanol–water partition coefficient (Wildman–Crippen LogP) is 2.67. The molecule has 8 heteroatoms. The highest BCUT2D eigenvalue weighted by atomic mass is 16.5. The van der Waals surface area contributed by atoms with Crippen molar-refractivity contribution in [1.29, 1.82) is 0 Å². The van der Waals surface area contributed by atoms with E-state index in [2.05, 4.69) is 0 Å². The van der Waals surface area contributed by atoms with E-state index in [1.54, 1.807) is 61.5 Å². The van der Waals surface area contributed by atoms with E-state index in [9.17, 15) is 14.4 Å². The first-order valence-corrected chi connectivity index (χ1v) is 10.6. The molecule has 1 aliphatic heterocycles.